The molecule has 1 amide bonds. The number of nitrogens with zero attached hydrogens (tertiary/aromatic N) is 2. The van der Waals surface area contributed by atoms with E-state index < -0.39 is 6.61 Å². The Kier molecular flexibility index (Phi) is 5.53. The van der Waals surface area contributed by atoms with Gasteiger partial charge in [-0.2, -0.15) is 14.0 Å². The van der Waals surface area contributed by atoms with Gasteiger partial charge in [0.2, 0.25) is 5.91 Å². The van der Waals surface area contributed by atoms with Crippen molar-refractivity contribution in [3.05, 3.63) is 23.8 Å². The Hall–Kier alpha value is -2.36. The highest BCUT2D eigenvalue weighted by Gasteiger charge is 2.24. The summed E-state index contributed by atoms with van der Waals surface area (Å²) in [6, 6.07) is 6.95. The maximum absolute atomic E-state index is 12.5. The highest BCUT2D eigenvalue weighted by atomic mass is 19.3. The van der Waals surface area contributed by atoms with Gasteiger partial charge in [-0.05, 0) is 24.5 Å². The van der Waals surface area contributed by atoms with E-state index in [1.165, 1.54) is 6.07 Å². The van der Waals surface area contributed by atoms with Gasteiger partial charge in [-0.3, -0.25) is 4.79 Å². The first kappa shape index (κ1) is 16.0. The highest BCUT2D eigenvalue weighted by molar-refractivity contribution is 5.83. The van der Waals surface area contributed by atoms with Crippen LogP contribution in [-0.4, -0.2) is 32.2 Å². The lowest BCUT2D eigenvalue weighted by molar-refractivity contribution is -0.119. The molecule has 0 unspecified atom stereocenters. The minimum absolute atomic E-state index is 0.0576. The van der Waals surface area contributed by atoms with Crippen LogP contribution < -0.4 is 15.0 Å². The Bertz CT molecular complexity index is 572. The lowest BCUT2D eigenvalue weighted by Crippen LogP contribution is -2.40. The molecule has 1 aromatic carbocycles. The molecule has 0 fully saturated rings. The number of carbonyl (C=O) groups is 1. The van der Waals surface area contributed by atoms with Crippen molar-refractivity contribution in [1.29, 1.82) is 5.26 Å². The van der Waals surface area contributed by atoms with Crippen molar-refractivity contribution >= 4 is 11.6 Å². The van der Waals surface area contributed by atoms with Crippen molar-refractivity contribution < 1.29 is 18.3 Å². The third-order valence-electron chi connectivity index (χ3n) is 3.38. The fraction of sp³-hybridized carbons (Fsp3) is 0.467. The smallest absolute Gasteiger partial charge is 0.387 e. The van der Waals surface area contributed by atoms with E-state index in [9.17, 15) is 13.6 Å². The number of hydrogen-bond donors (Lipinski definition) is 1. The number of benzene rings is 1. The average molecular weight is 309 g/mol. The minimum atomic E-state index is -2.90. The van der Waals surface area contributed by atoms with Gasteiger partial charge in [0.05, 0.1) is 24.7 Å². The molecule has 0 aromatic heterocycles. The zero-order chi connectivity index (χ0) is 15.9. The molecule has 5 nitrogen and oxygen atoms in total. The number of carbonyl (C=O) groups excluding carboxylic acids is 1. The third-order valence-corrected chi connectivity index (χ3v) is 3.38. The average Bonchev–Trinajstić information content (AvgIpc) is 2.47. The van der Waals surface area contributed by atoms with Crippen LogP contribution in [0.2, 0.25) is 0 Å². The maximum Gasteiger partial charge on any atom is 0.387 e. The summed E-state index contributed by atoms with van der Waals surface area (Å²) in [5.41, 5.74) is 1.46. The number of rotatable bonds is 6. The van der Waals surface area contributed by atoms with Crippen LogP contribution in [0.4, 0.5) is 14.5 Å². The number of para-hydroxylation sites is 1. The SMILES string of the molecule is N#CCCNC(=O)CN1CCCc2cccc(OC(F)F)c21. The third kappa shape index (κ3) is 4.07. The Balaban J connectivity index is 2.13. The number of anilines is 1. The second kappa shape index (κ2) is 7.59. The van der Waals surface area contributed by atoms with E-state index in [0.29, 0.717) is 12.2 Å². The first-order valence-corrected chi connectivity index (χ1v) is 7.07. The molecule has 1 aliphatic heterocycles. The standard InChI is InChI=1S/C15H17F2N3O2/c16-15(17)22-12-6-1-4-11-5-2-9-20(14(11)12)10-13(21)19-8-3-7-18/h1,4,6,15H,2-3,5,8-10H2,(H,19,21). The molecule has 1 aromatic rings. The molecule has 0 aliphatic carbocycles. The first-order valence-electron chi connectivity index (χ1n) is 7.07. The molecule has 7 heteroatoms. The fourth-order valence-corrected chi connectivity index (χ4v) is 2.54. The van der Waals surface area contributed by atoms with Crippen LogP contribution in [0.25, 0.3) is 0 Å². The molecular weight excluding hydrogens is 292 g/mol. The van der Waals surface area contributed by atoms with Crippen LogP contribution >= 0.6 is 0 Å². The summed E-state index contributed by atoms with van der Waals surface area (Å²) in [4.78, 5) is 13.6. The number of hydrogen-bond acceptors (Lipinski definition) is 4. The number of aryl methyl sites for hydroxylation is 1. The number of amides is 1. The molecule has 118 valence electrons. The summed E-state index contributed by atoms with van der Waals surface area (Å²) in [6.07, 6.45) is 1.85. The number of ether oxygens (including phenoxy) is 1. The Labute approximate surface area is 127 Å². The van der Waals surface area contributed by atoms with E-state index in [2.05, 4.69) is 10.1 Å². The van der Waals surface area contributed by atoms with Gasteiger partial charge in [0.25, 0.3) is 0 Å². The number of alkyl halides is 2. The molecule has 0 atom stereocenters. The molecule has 0 spiro atoms. The van der Waals surface area contributed by atoms with Crippen molar-refractivity contribution in [2.45, 2.75) is 25.9 Å². The van der Waals surface area contributed by atoms with Gasteiger partial charge >= 0.3 is 6.61 Å². The molecule has 0 saturated heterocycles. The number of fused-ring (bicyclic) bond motifs is 1. The van der Waals surface area contributed by atoms with Crippen LogP contribution in [-0.2, 0) is 11.2 Å². The zero-order valence-corrected chi connectivity index (χ0v) is 12.0. The quantitative estimate of drug-likeness (QED) is 0.817. The van der Waals surface area contributed by atoms with Crippen molar-refractivity contribution in [2.24, 2.45) is 0 Å². The highest BCUT2D eigenvalue weighted by Crippen LogP contribution is 2.36. The first-order chi connectivity index (χ1) is 10.6. The summed E-state index contributed by atoms with van der Waals surface area (Å²) in [5, 5.41) is 11.1. The summed E-state index contributed by atoms with van der Waals surface area (Å²) < 4.78 is 29.6. The largest absolute Gasteiger partial charge is 0.433 e. The predicted octanol–water partition coefficient (Wildman–Crippen LogP) is 2.07. The Morgan fingerprint density at radius 3 is 3.05 bits per heavy atom. The molecule has 1 heterocycles. The van der Waals surface area contributed by atoms with Crippen LogP contribution in [0.15, 0.2) is 18.2 Å². The normalized spacial score (nSPS) is 13.5. The van der Waals surface area contributed by atoms with Gasteiger partial charge in [-0.25, -0.2) is 0 Å². The predicted molar refractivity (Wildman–Crippen MR) is 76.8 cm³/mol. The van der Waals surface area contributed by atoms with E-state index in [0.717, 1.165) is 18.4 Å². The molecule has 0 saturated carbocycles. The lowest BCUT2D eigenvalue weighted by atomic mass is 10.0. The van der Waals surface area contributed by atoms with Crippen molar-refractivity contribution in [2.75, 3.05) is 24.5 Å². The van der Waals surface area contributed by atoms with Gasteiger partial charge in [-0.15, -0.1) is 0 Å². The molecule has 2 rings (SSSR count). The summed E-state index contributed by atoms with van der Waals surface area (Å²) >= 11 is 0. The van der Waals surface area contributed by atoms with Crippen molar-refractivity contribution in [1.82, 2.24) is 5.32 Å². The van der Waals surface area contributed by atoms with Gasteiger partial charge < -0.3 is 15.0 Å². The Morgan fingerprint density at radius 2 is 2.32 bits per heavy atom. The van der Waals surface area contributed by atoms with Gasteiger partial charge in [0.15, 0.2) is 0 Å². The monoisotopic (exact) mass is 309 g/mol. The van der Waals surface area contributed by atoms with Crippen LogP contribution in [0.5, 0.6) is 5.75 Å². The van der Waals surface area contributed by atoms with Gasteiger partial charge in [0.1, 0.15) is 5.75 Å². The van der Waals surface area contributed by atoms with Gasteiger partial charge in [0, 0.05) is 13.1 Å². The molecular formula is C15H17F2N3O2. The van der Waals surface area contributed by atoms with E-state index >= 15 is 0 Å². The summed E-state index contributed by atoms with van der Waals surface area (Å²) in [5.74, 6) is -0.146. The van der Waals surface area contributed by atoms with E-state index in [-0.39, 0.29) is 31.2 Å². The van der Waals surface area contributed by atoms with Crippen molar-refractivity contribution in [3.8, 4) is 11.8 Å². The van der Waals surface area contributed by atoms with E-state index in [4.69, 9.17) is 5.26 Å². The Morgan fingerprint density at radius 1 is 1.50 bits per heavy atom. The van der Waals surface area contributed by atoms with Gasteiger partial charge in [-0.1, -0.05) is 12.1 Å². The van der Waals surface area contributed by atoms with E-state index in [1.807, 2.05) is 12.1 Å². The van der Waals surface area contributed by atoms with Crippen LogP contribution in [0, 0.1) is 11.3 Å². The topological polar surface area (TPSA) is 65.4 Å². The fourth-order valence-electron chi connectivity index (χ4n) is 2.54. The second-order valence-electron chi connectivity index (χ2n) is 4.93. The van der Waals surface area contributed by atoms with Crippen molar-refractivity contribution in [3.63, 3.8) is 0 Å². The maximum atomic E-state index is 12.5. The molecule has 0 radical (unpaired) electrons. The zero-order valence-electron chi connectivity index (χ0n) is 12.0. The number of nitriles is 1. The second-order valence-corrected chi connectivity index (χ2v) is 4.93. The summed E-state index contributed by atoms with van der Waals surface area (Å²) in [7, 11) is 0. The molecule has 0 bridgehead atoms. The minimum Gasteiger partial charge on any atom is -0.433 e. The molecule has 22 heavy (non-hydrogen) atoms. The molecule has 1 aliphatic rings. The molecule has 1 N–H and O–H groups in total. The summed E-state index contributed by atoms with van der Waals surface area (Å²) in [6.45, 7) is -1.96. The van der Waals surface area contributed by atoms with E-state index in [1.54, 1.807) is 11.0 Å². The number of nitrogens with one attached hydrogen (secondary N) is 1. The van der Waals surface area contributed by atoms with Crippen LogP contribution in [0.1, 0.15) is 18.4 Å². The van der Waals surface area contributed by atoms with Crippen LogP contribution in [0.3, 0.4) is 0 Å². The number of halogens is 2. The lowest BCUT2D eigenvalue weighted by Gasteiger charge is -2.32.